The number of aromatic nitrogens is 2. The normalized spacial score (nSPS) is 13.6. The Morgan fingerprint density at radius 2 is 1.48 bits per heavy atom. The number of amides is 5. The van der Waals surface area contributed by atoms with E-state index >= 15 is 0 Å². The Bertz CT molecular complexity index is 1200. The maximum absolute atomic E-state index is 12.8. The van der Waals surface area contributed by atoms with E-state index in [1.165, 1.54) is 45.4 Å². The number of benzene rings is 1. The van der Waals surface area contributed by atoms with Crippen molar-refractivity contribution in [2.45, 2.75) is 57.8 Å². The first-order valence-electron chi connectivity index (χ1n) is 12.3. The number of rotatable bonds is 14. The van der Waals surface area contributed by atoms with Gasteiger partial charge in [0.1, 0.15) is 29.9 Å². The van der Waals surface area contributed by atoms with Crippen LogP contribution in [0.3, 0.4) is 0 Å². The number of hydrogen-bond acceptors (Lipinski definition) is 8. The molecule has 0 aliphatic rings. The van der Waals surface area contributed by atoms with Gasteiger partial charge in [0, 0.05) is 31.7 Å². The first-order valence-corrected chi connectivity index (χ1v) is 12.3. The van der Waals surface area contributed by atoms with E-state index in [0.29, 0.717) is 11.3 Å². The average Bonchev–Trinajstić information content (AvgIpc) is 3.40. The van der Waals surface area contributed by atoms with Crippen LogP contribution in [0.25, 0.3) is 0 Å². The van der Waals surface area contributed by atoms with E-state index in [9.17, 15) is 39.0 Å². The molecule has 40 heavy (non-hydrogen) atoms. The summed E-state index contributed by atoms with van der Waals surface area (Å²) < 4.78 is 0. The molecule has 0 unspecified atom stereocenters. The van der Waals surface area contributed by atoms with Crippen molar-refractivity contribution in [3.05, 3.63) is 48.0 Å². The monoisotopic (exact) mass is 559 g/mol. The molecule has 0 spiro atoms. The van der Waals surface area contributed by atoms with Crippen LogP contribution in [0.15, 0.2) is 36.8 Å². The van der Waals surface area contributed by atoms with Crippen molar-refractivity contribution in [3.63, 3.8) is 0 Å². The van der Waals surface area contributed by atoms with Crippen molar-refractivity contribution in [3.8, 4) is 5.75 Å². The Morgan fingerprint density at radius 3 is 2.05 bits per heavy atom. The number of carboxylic acid groups (broad SMARTS) is 1. The van der Waals surface area contributed by atoms with Gasteiger partial charge < -0.3 is 41.8 Å². The quantitative estimate of drug-likeness (QED) is 0.129. The van der Waals surface area contributed by atoms with Crippen LogP contribution < -0.4 is 26.6 Å². The van der Waals surface area contributed by atoms with Crippen LogP contribution in [-0.2, 0) is 41.6 Å². The highest BCUT2D eigenvalue weighted by molar-refractivity contribution is 5.95. The van der Waals surface area contributed by atoms with Crippen molar-refractivity contribution in [2.75, 3.05) is 6.54 Å². The first-order chi connectivity index (χ1) is 18.8. The van der Waals surface area contributed by atoms with Crippen molar-refractivity contribution in [2.24, 2.45) is 0 Å². The standard InChI is InChI=1S/C25H33N7O8/c1-13(22(36)27-11-21(35)32-20(25(39)40)9-17-10-26-12-28-17)29-23(37)14(2)30-24(38)19(31-15(3)33)8-16-4-6-18(34)7-5-16/h4-7,10,12-14,19-20,34H,8-9,11H2,1-3H3,(H,26,28)(H,27,36)(H,29,37)(H,30,38)(H,31,33)(H,32,35)(H,39,40)/t13-,14-,19-,20-/m0/s1. The highest BCUT2D eigenvalue weighted by Crippen LogP contribution is 2.11. The fourth-order valence-corrected chi connectivity index (χ4v) is 3.49. The molecule has 1 heterocycles. The molecule has 2 aromatic rings. The molecule has 1 aromatic carbocycles. The molecule has 0 saturated heterocycles. The van der Waals surface area contributed by atoms with E-state index in [1.54, 1.807) is 12.1 Å². The number of H-pyrrole nitrogens is 1. The number of nitrogens with one attached hydrogen (secondary N) is 6. The molecular formula is C25H33N7O8. The predicted octanol–water partition coefficient (Wildman–Crippen LogP) is -1.90. The highest BCUT2D eigenvalue weighted by atomic mass is 16.4. The number of imidazole rings is 1. The van der Waals surface area contributed by atoms with Gasteiger partial charge in [0.25, 0.3) is 0 Å². The van der Waals surface area contributed by atoms with Gasteiger partial charge in [0.05, 0.1) is 12.9 Å². The van der Waals surface area contributed by atoms with Gasteiger partial charge in [-0.3, -0.25) is 24.0 Å². The topological polar surface area (TPSA) is 232 Å². The SMILES string of the molecule is CC(=O)N[C@@H](Cc1ccc(O)cc1)C(=O)N[C@@H](C)C(=O)N[C@@H](C)C(=O)NCC(=O)N[C@@H](Cc1cnc[nH]1)C(=O)O. The van der Waals surface area contributed by atoms with Crippen LogP contribution in [0.4, 0.5) is 0 Å². The third kappa shape index (κ3) is 10.4. The van der Waals surface area contributed by atoms with E-state index in [0.717, 1.165) is 0 Å². The van der Waals surface area contributed by atoms with E-state index in [1.807, 2.05) is 0 Å². The zero-order chi connectivity index (χ0) is 29.8. The van der Waals surface area contributed by atoms with Crippen LogP contribution in [0.5, 0.6) is 5.75 Å². The maximum Gasteiger partial charge on any atom is 0.326 e. The molecule has 0 saturated carbocycles. The summed E-state index contributed by atoms with van der Waals surface area (Å²) in [5.74, 6) is -4.48. The van der Waals surface area contributed by atoms with Gasteiger partial charge >= 0.3 is 5.97 Å². The third-order valence-corrected chi connectivity index (χ3v) is 5.61. The molecule has 4 atom stereocenters. The van der Waals surface area contributed by atoms with Gasteiger partial charge in [-0.15, -0.1) is 0 Å². The Balaban J connectivity index is 1.84. The predicted molar refractivity (Wildman–Crippen MR) is 139 cm³/mol. The number of phenolic OH excluding ortho intramolecular Hbond substituents is 1. The second-order valence-electron chi connectivity index (χ2n) is 9.04. The second kappa shape index (κ2) is 14.8. The number of aromatic amines is 1. The summed E-state index contributed by atoms with van der Waals surface area (Å²) in [4.78, 5) is 79.4. The van der Waals surface area contributed by atoms with Gasteiger partial charge in [-0.05, 0) is 31.5 Å². The highest BCUT2D eigenvalue weighted by Gasteiger charge is 2.26. The van der Waals surface area contributed by atoms with Crippen molar-refractivity contribution < 1.29 is 39.0 Å². The molecule has 15 heteroatoms. The van der Waals surface area contributed by atoms with Gasteiger partial charge in [0.2, 0.25) is 29.5 Å². The lowest BCUT2D eigenvalue weighted by Crippen LogP contribution is -2.56. The molecule has 0 radical (unpaired) electrons. The first kappa shape index (κ1) is 31.3. The molecule has 15 nitrogen and oxygen atoms in total. The van der Waals surface area contributed by atoms with Gasteiger partial charge in [-0.2, -0.15) is 0 Å². The van der Waals surface area contributed by atoms with Crippen LogP contribution >= 0.6 is 0 Å². The summed E-state index contributed by atoms with van der Waals surface area (Å²) in [6, 6.07) is 1.64. The fraction of sp³-hybridized carbons (Fsp3) is 0.400. The number of aliphatic carboxylic acids is 1. The largest absolute Gasteiger partial charge is 0.508 e. The van der Waals surface area contributed by atoms with Crippen molar-refractivity contribution in [1.29, 1.82) is 0 Å². The summed E-state index contributed by atoms with van der Waals surface area (Å²) in [5.41, 5.74) is 1.16. The molecular weight excluding hydrogens is 526 g/mol. The van der Waals surface area contributed by atoms with E-state index in [4.69, 9.17) is 0 Å². The molecule has 8 N–H and O–H groups in total. The van der Waals surface area contributed by atoms with Crippen LogP contribution in [0.1, 0.15) is 32.0 Å². The number of phenols is 1. The molecule has 216 valence electrons. The Morgan fingerprint density at radius 1 is 0.850 bits per heavy atom. The zero-order valence-electron chi connectivity index (χ0n) is 22.2. The lowest BCUT2D eigenvalue weighted by atomic mass is 10.0. The molecule has 2 rings (SSSR count). The number of aromatic hydroxyl groups is 1. The minimum atomic E-state index is -1.27. The number of hydrogen-bond donors (Lipinski definition) is 8. The fourth-order valence-electron chi connectivity index (χ4n) is 3.49. The molecule has 0 aliphatic carbocycles. The minimum absolute atomic E-state index is 0.0389. The van der Waals surface area contributed by atoms with Crippen molar-refractivity contribution >= 4 is 35.5 Å². The Hall–Kier alpha value is -4.95. The zero-order valence-corrected chi connectivity index (χ0v) is 22.2. The number of carbonyl (C=O) groups is 6. The summed E-state index contributed by atoms with van der Waals surface area (Å²) in [5, 5.41) is 30.8. The van der Waals surface area contributed by atoms with Crippen molar-refractivity contribution in [1.82, 2.24) is 36.6 Å². The van der Waals surface area contributed by atoms with Gasteiger partial charge in [-0.25, -0.2) is 9.78 Å². The molecule has 0 fully saturated rings. The second-order valence-corrected chi connectivity index (χ2v) is 9.04. The number of nitrogens with zero attached hydrogens (tertiary/aromatic N) is 1. The smallest absolute Gasteiger partial charge is 0.326 e. The molecule has 5 amide bonds. The van der Waals surface area contributed by atoms with Gasteiger partial charge in [-0.1, -0.05) is 12.1 Å². The Labute approximate surface area is 229 Å². The molecule has 1 aromatic heterocycles. The number of carbonyl (C=O) groups excluding carboxylic acids is 5. The lowest BCUT2D eigenvalue weighted by Gasteiger charge is -2.22. The summed E-state index contributed by atoms with van der Waals surface area (Å²) in [7, 11) is 0. The van der Waals surface area contributed by atoms with E-state index in [-0.39, 0.29) is 18.6 Å². The third-order valence-electron chi connectivity index (χ3n) is 5.61. The molecule has 0 aliphatic heterocycles. The van der Waals surface area contributed by atoms with Crippen LogP contribution in [0.2, 0.25) is 0 Å². The van der Waals surface area contributed by atoms with E-state index < -0.39 is 66.2 Å². The number of carboxylic acids is 1. The summed E-state index contributed by atoms with van der Waals surface area (Å²) in [6.45, 7) is 3.47. The summed E-state index contributed by atoms with van der Waals surface area (Å²) in [6.07, 6.45) is 2.86. The van der Waals surface area contributed by atoms with Crippen LogP contribution in [-0.4, -0.2) is 86.4 Å². The summed E-state index contributed by atoms with van der Waals surface area (Å²) >= 11 is 0. The average molecular weight is 560 g/mol. The minimum Gasteiger partial charge on any atom is -0.508 e. The van der Waals surface area contributed by atoms with E-state index in [2.05, 4.69) is 36.6 Å². The Kier molecular flexibility index (Phi) is 11.6. The van der Waals surface area contributed by atoms with Crippen LogP contribution in [0, 0.1) is 0 Å². The lowest BCUT2D eigenvalue weighted by molar-refractivity contribution is -0.141. The maximum atomic E-state index is 12.8. The van der Waals surface area contributed by atoms with Gasteiger partial charge in [0.15, 0.2) is 0 Å². The molecule has 0 bridgehead atoms.